The summed E-state index contributed by atoms with van der Waals surface area (Å²) in [5, 5.41) is 1.51. The summed E-state index contributed by atoms with van der Waals surface area (Å²) in [5.74, 6) is 2.96. The number of rotatable bonds is 11. The molecule has 0 aliphatic carbocycles. The van der Waals surface area contributed by atoms with Gasteiger partial charge < -0.3 is 28.7 Å². The molecule has 1 atom stereocenters. The zero-order valence-corrected chi connectivity index (χ0v) is 22.6. The van der Waals surface area contributed by atoms with Crippen LogP contribution in [0.15, 0.2) is 67.1 Å². The third kappa shape index (κ3) is 5.53. The maximum Gasteiger partial charge on any atom is 0.320 e. The highest BCUT2D eigenvalue weighted by Crippen LogP contribution is 2.39. The van der Waals surface area contributed by atoms with Gasteiger partial charge in [0.15, 0.2) is 17.3 Å². The molecule has 0 amide bonds. The lowest BCUT2D eigenvalue weighted by Crippen LogP contribution is -2.30. The van der Waals surface area contributed by atoms with Crippen LogP contribution in [0.3, 0.4) is 0 Å². The fraction of sp³-hybridized carbons (Fsp3) is 0.241. The standard InChI is InChI=1S/C29H29N5O6/c1-19(21-6-9-27(37-3)30-13-21)40-25-8-5-20(11-26(25)36-2)16-33-17-34(39-18-35)24-12-23(15-32-29(24)33)22-7-10-28(38-4)31-14-22/h5-15,18-19H,16-17H2,1-4H3. The van der Waals surface area contributed by atoms with Crippen molar-refractivity contribution in [3.63, 3.8) is 0 Å². The number of hydrogen-bond acceptors (Lipinski definition) is 11. The van der Waals surface area contributed by atoms with Crippen LogP contribution in [0.1, 0.15) is 24.2 Å². The summed E-state index contributed by atoms with van der Waals surface area (Å²) in [5.41, 5.74) is 4.24. The van der Waals surface area contributed by atoms with Gasteiger partial charge in [-0.25, -0.2) is 15.0 Å². The van der Waals surface area contributed by atoms with Crippen molar-refractivity contribution in [2.45, 2.75) is 19.6 Å². The van der Waals surface area contributed by atoms with Gasteiger partial charge in [-0.1, -0.05) is 6.07 Å². The third-order valence-corrected chi connectivity index (χ3v) is 6.51. The van der Waals surface area contributed by atoms with Gasteiger partial charge in [0.05, 0.1) is 21.3 Å². The predicted octanol–water partition coefficient (Wildman–Crippen LogP) is 4.58. The van der Waals surface area contributed by atoms with Gasteiger partial charge in [0.1, 0.15) is 18.5 Å². The van der Waals surface area contributed by atoms with Crippen molar-refractivity contribution in [3.8, 4) is 34.4 Å². The van der Waals surface area contributed by atoms with Crippen LogP contribution in [0.4, 0.5) is 11.5 Å². The van der Waals surface area contributed by atoms with Crippen molar-refractivity contribution in [2.24, 2.45) is 0 Å². The van der Waals surface area contributed by atoms with E-state index in [0.29, 0.717) is 54.4 Å². The second-order valence-corrected chi connectivity index (χ2v) is 8.95. The monoisotopic (exact) mass is 543 g/mol. The van der Waals surface area contributed by atoms with Gasteiger partial charge >= 0.3 is 6.47 Å². The maximum atomic E-state index is 11.2. The number of hydrogen-bond donors (Lipinski definition) is 0. The summed E-state index contributed by atoms with van der Waals surface area (Å²) in [6.45, 7) is 3.16. The van der Waals surface area contributed by atoms with Crippen molar-refractivity contribution in [1.29, 1.82) is 0 Å². The summed E-state index contributed by atoms with van der Waals surface area (Å²) in [6, 6.07) is 15.1. The Balaban J connectivity index is 1.34. The minimum atomic E-state index is -0.253. The first-order valence-corrected chi connectivity index (χ1v) is 12.5. The molecule has 0 saturated carbocycles. The van der Waals surface area contributed by atoms with Crippen molar-refractivity contribution >= 4 is 18.0 Å². The number of carbonyl (C=O) groups is 1. The summed E-state index contributed by atoms with van der Waals surface area (Å²) in [7, 11) is 4.75. The molecule has 3 aromatic heterocycles. The normalized spacial score (nSPS) is 12.9. The van der Waals surface area contributed by atoms with Crippen molar-refractivity contribution in [3.05, 3.63) is 78.2 Å². The fourth-order valence-electron chi connectivity index (χ4n) is 4.41. The smallest absolute Gasteiger partial charge is 0.320 e. The molecule has 0 N–H and O–H groups in total. The number of anilines is 2. The molecule has 1 unspecified atom stereocenters. The third-order valence-electron chi connectivity index (χ3n) is 6.51. The SMILES string of the molecule is COc1ccc(-c2cnc3c(c2)N(OC=O)CN3Cc2ccc(OC(C)c3ccc(OC)nc3)c(OC)c2)cn1. The number of aromatic nitrogens is 3. The topological polar surface area (TPSA) is 108 Å². The average molecular weight is 544 g/mol. The Bertz CT molecular complexity index is 1470. The number of benzene rings is 1. The Morgan fingerprint density at radius 2 is 1.60 bits per heavy atom. The van der Waals surface area contributed by atoms with E-state index in [9.17, 15) is 4.79 Å². The number of pyridine rings is 3. The van der Waals surface area contributed by atoms with Crippen LogP contribution in [-0.2, 0) is 16.2 Å². The molecular weight excluding hydrogens is 514 g/mol. The summed E-state index contributed by atoms with van der Waals surface area (Å²) in [6.07, 6.45) is 4.96. The Hall–Kier alpha value is -5.06. The molecule has 0 spiro atoms. The number of fused-ring (bicyclic) bond motifs is 1. The van der Waals surface area contributed by atoms with E-state index in [4.69, 9.17) is 28.8 Å². The molecule has 1 aliphatic heterocycles. The van der Waals surface area contributed by atoms with Gasteiger partial charge in [-0.15, -0.1) is 0 Å². The number of hydroxylamine groups is 1. The molecular formula is C29H29N5O6. The van der Waals surface area contributed by atoms with E-state index in [1.165, 1.54) is 5.06 Å². The Morgan fingerprint density at radius 1 is 0.850 bits per heavy atom. The van der Waals surface area contributed by atoms with Crippen molar-refractivity contribution in [2.75, 3.05) is 38.0 Å². The van der Waals surface area contributed by atoms with Gasteiger partial charge in [-0.3, -0.25) is 4.79 Å². The van der Waals surface area contributed by atoms with Gasteiger partial charge in [-0.05, 0) is 42.8 Å². The van der Waals surface area contributed by atoms with Crippen LogP contribution in [0.2, 0.25) is 0 Å². The van der Waals surface area contributed by atoms with Crippen molar-refractivity contribution < 1.29 is 28.6 Å². The molecule has 4 aromatic rings. The molecule has 40 heavy (non-hydrogen) atoms. The lowest BCUT2D eigenvalue weighted by atomic mass is 10.1. The van der Waals surface area contributed by atoms with Crippen LogP contribution in [0.25, 0.3) is 11.1 Å². The van der Waals surface area contributed by atoms with E-state index in [-0.39, 0.29) is 6.10 Å². The van der Waals surface area contributed by atoms with Gasteiger partial charge in [-0.2, -0.15) is 5.06 Å². The second kappa shape index (κ2) is 11.8. The summed E-state index contributed by atoms with van der Waals surface area (Å²) >= 11 is 0. The number of nitrogens with zero attached hydrogens (tertiary/aromatic N) is 5. The fourth-order valence-corrected chi connectivity index (χ4v) is 4.41. The Kier molecular flexibility index (Phi) is 7.81. The van der Waals surface area contributed by atoms with E-state index >= 15 is 0 Å². The number of methoxy groups -OCH3 is 3. The lowest BCUT2D eigenvalue weighted by Gasteiger charge is -2.21. The second-order valence-electron chi connectivity index (χ2n) is 8.95. The first kappa shape index (κ1) is 26.5. The Morgan fingerprint density at radius 3 is 2.25 bits per heavy atom. The van der Waals surface area contributed by atoms with Crippen LogP contribution in [0, 0.1) is 0 Å². The zero-order valence-electron chi connectivity index (χ0n) is 22.6. The molecule has 1 aromatic carbocycles. The molecule has 1 aliphatic rings. The number of ether oxygens (including phenoxy) is 4. The summed E-state index contributed by atoms with van der Waals surface area (Å²) < 4.78 is 22.1. The van der Waals surface area contributed by atoms with E-state index in [0.717, 1.165) is 22.3 Å². The van der Waals surface area contributed by atoms with Crippen LogP contribution < -0.4 is 28.9 Å². The van der Waals surface area contributed by atoms with E-state index in [1.54, 1.807) is 52.1 Å². The van der Waals surface area contributed by atoms with Gasteiger partial charge in [0, 0.05) is 54.0 Å². The predicted molar refractivity (Wildman–Crippen MR) is 148 cm³/mol. The van der Waals surface area contributed by atoms with Gasteiger partial charge in [0.25, 0.3) is 0 Å². The Labute approximate surface area is 231 Å². The first-order chi connectivity index (χ1) is 19.5. The van der Waals surface area contributed by atoms with Crippen LogP contribution >= 0.6 is 0 Å². The minimum absolute atomic E-state index is 0.253. The number of carbonyl (C=O) groups excluding carboxylic acids is 1. The molecule has 0 saturated heterocycles. The van der Waals surface area contributed by atoms with E-state index in [2.05, 4.69) is 9.97 Å². The largest absolute Gasteiger partial charge is 0.493 e. The molecule has 11 nitrogen and oxygen atoms in total. The highest BCUT2D eigenvalue weighted by atomic mass is 16.7. The van der Waals surface area contributed by atoms with Crippen molar-refractivity contribution in [1.82, 2.24) is 15.0 Å². The average Bonchev–Trinajstić information content (AvgIpc) is 3.34. The highest BCUT2D eigenvalue weighted by molar-refractivity contribution is 5.78. The molecule has 206 valence electrons. The molecule has 0 fully saturated rings. The van der Waals surface area contributed by atoms with E-state index < -0.39 is 0 Å². The quantitative estimate of drug-likeness (QED) is 0.248. The molecule has 4 heterocycles. The molecule has 0 radical (unpaired) electrons. The lowest BCUT2D eigenvalue weighted by molar-refractivity contribution is -0.129. The van der Waals surface area contributed by atoms with Gasteiger partial charge in [0.2, 0.25) is 11.8 Å². The maximum absolute atomic E-state index is 11.2. The molecule has 5 rings (SSSR count). The van der Waals surface area contributed by atoms with E-state index in [1.807, 2.05) is 48.2 Å². The first-order valence-electron chi connectivity index (χ1n) is 12.5. The van der Waals surface area contributed by atoms with Crippen LogP contribution in [0.5, 0.6) is 23.3 Å². The minimum Gasteiger partial charge on any atom is -0.493 e. The van der Waals surface area contributed by atoms with Crippen LogP contribution in [-0.4, -0.2) is 49.4 Å². The summed E-state index contributed by atoms with van der Waals surface area (Å²) in [4.78, 5) is 31.7. The zero-order chi connectivity index (χ0) is 28.1. The highest BCUT2D eigenvalue weighted by Gasteiger charge is 2.30. The molecule has 0 bridgehead atoms. The molecule has 11 heteroatoms.